The Morgan fingerprint density at radius 2 is 1.95 bits per heavy atom. The number of carboxylic acid groups (broad SMARTS) is 1. The van der Waals surface area contributed by atoms with Gasteiger partial charge in [-0.05, 0) is 19.3 Å². The van der Waals surface area contributed by atoms with E-state index in [1.807, 2.05) is 6.92 Å². The van der Waals surface area contributed by atoms with Crippen molar-refractivity contribution in [2.24, 2.45) is 11.8 Å². The molecule has 1 saturated carbocycles. The highest BCUT2D eigenvalue weighted by Crippen LogP contribution is 2.24. The predicted octanol–water partition coefficient (Wildman–Crippen LogP) is 2.96. The predicted molar refractivity (Wildman–Crippen MR) is 74.8 cm³/mol. The highest BCUT2D eigenvalue weighted by atomic mass is 16.4. The lowest BCUT2D eigenvalue weighted by atomic mass is 9.93. The molecular formula is C15H27NO3. The topological polar surface area (TPSA) is 66.4 Å². The molecule has 110 valence electrons. The first-order valence-corrected chi connectivity index (χ1v) is 7.59. The molecule has 0 spiro atoms. The molecule has 0 bridgehead atoms. The van der Waals surface area contributed by atoms with E-state index in [1.165, 1.54) is 0 Å². The van der Waals surface area contributed by atoms with Crippen molar-refractivity contribution in [1.29, 1.82) is 0 Å². The van der Waals surface area contributed by atoms with Gasteiger partial charge in [0.15, 0.2) is 0 Å². The van der Waals surface area contributed by atoms with E-state index in [-0.39, 0.29) is 17.9 Å². The van der Waals surface area contributed by atoms with Crippen LogP contribution < -0.4 is 5.32 Å². The minimum atomic E-state index is -0.770. The zero-order valence-electron chi connectivity index (χ0n) is 12.2. The molecule has 0 radical (unpaired) electrons. The number of carboxylic acids is 1. The molecule has 1 amide bonds. The molecule has 19 heavy (non-hydrogen) atoms. The van der Waals surface area contributed by atoms with E-state index in [0.29, 0.717) is 6.42 Å². The van der Waals surface area contributed by atoms with Gasteiger partial charge in [-0.1, -0.05) is 46.0 Å². The Labute approximate surface area is 116 Å². The van der Waals surface area contributed by atoms with E-state index < -0.39 is 11.9 Å². The maximum absolute atomic E-state index is 12.1. The van der Waals surface area contributed by atoms with Crippen molar-refractivity contribution >= 4 is 11.9 Å². The zero-order valence-corrected chi connectivity index (χ0v) is 12.2. The molecule has 0 aliphatic heterocycles. The highest BCUT2D eigenvalue weighted by Gasteiger charge is 2.31. The largest absolute Gasteiger partial charge is 0.481 e. The molecule has 4 heteroatoms. The summed E-state index contributed by atoms with van der Waals surface area (Å²) >= 11 is 0. The van der Waals surface area contributed by atoms with Gasteiger partial charge in [0.1, 0.15) is 0 Å². The van der Waals surface area contributed by atoms with Gasteiger partial charge in [0.05, 0.1) is 5.92 Å². The summed E-state index contributed by atoms with van der Waals surface area (Å²) in [4.78, 5) is 23.4. The average molecular weight is 269 g/mol. The van der Waals surface area contributed by atoms with Crippen LogP contribution >= 0.6 is 0 Å². The van der Waals surface area contributed by atoms with Crippen LogP contribution in [0, 0.1) is 11.8 Å². The Kier molecular flexibility index (Phi) is 6.89. The summed E-state index contributed by atoms with van der Waals surface area (Å²) in [6.07, 6.45) is 7.52. The number of carbonyl (C=O) groups is 2. The quantitative estimate of drug-likeness (QED) is 0.728. The summed E-state index contributed by atoms with van der Waals surface area (Å²) in [6.45, 7) is 4.04. The van der Waals surface area contributed by atoms with Crippen LogP contribution in [-0.2, 0) is 9.59 Å². The molecule has 0 aromatic heterocycles. The maximum atomic E-state index is 12.1. The first kappa shape index (κ1) is 16.0. The van der Waals surface area contributed by atoms with Gasteiger partial charge >= 0.3 is 5.97 Å². The summed E-state index contributed by atoms with van der Waals surface area (Å²) < 4.78 is 0. The standard InChI is InChI=1S/C15H27NO3/c1-3-4-8-11(2)14(17)16-13-10-7-5-6-9-12(13)15(18)19/h11-13H,3-10H2,1-2H3,(H,16,17)(H,18,19)/t11?,12-,13+/m1/s1. The van der Waals surface area contributed by atoms with Gasteiger partial charge in [-0.2, -0.15) is 0 Å². The Morgan fingerprint density at radius 1 is 1.26 bits per heavy atom. The second-order valence-electron chi connectivity index (χ2n) is 5.74. The average Bonchev–Trinajstić information content (AvgIpc) is 2.61. The van der Waals surface area contributed by atoms with Crippen molar-refractivity contribution in [3.05, 3.63) is 0 Å². The molecule has 1 fully saturated rings. The number of amides is 1. The third-order valence-corrected chi connectivity index (χ3v) is 4.10. The van der Waals surface area contributed by atoms with Crippen LogP contribution in [0.25, 0.3) is 0 Å². The second-order valence-corrected chi connectivity index (χ2v) is 5.74. The van der Waals surface area contributed by atoms with Gasteiger partial charge < -0.3 is 10.4 Å². The second kappa shape index (κ2) is 8.18. The van der Waals surface area contributed by atoms with Gasteiger partial charge in [0.2, 0.25) is 5.91 Å². The van der Waals surface area contributed by atoms with E-state index in [2.05, 4.69) is 12.2 Å². The van der Waals surface area contributed by atoms with Crippen LogP contribution in [0.2, 0.25) is 0 Å². The third-order valence-electron chi connectivity index (χ3n) is 4.10. The SMILES string of the molecule is CCCCC(C)C(=O)N[C@H]1CCCCC[C@H]1C(=O)O. The molecule has 0 aromatic carbocycles. The first-order chi connectivity index (χ1) is 9.06. The van der Waals surface area contributed by atoms with E-state index in [1.54, 1.807) is 0 Å². The fourth-order valence-electron chi connectivity index (χ4n) is 2.74. The summed E-state index contributed by atoms with van der Waals surface area (Å²) in [7, 11) is 0. The van der Waals surface area contributed by atoms with Gasteiger partial charge in [-0.3, -0.25) is 9.59 Å². The lowest BCUT2D eigenvalue weighted by molar-refractivity contribution is -0.143. The molecule has 0 saturated heterocycles. The van der Waals surface area contributed by atoms with Gasteiger partial charge in [0, 0.05) is 12.0 Å². The van der Waals surface area contributed by atoms with Gasteiger partial charge in [-0.25, -0.2) is 0 Å². The van der Waals surface area contributed by atoms with Crippen LogP contribution in [0.3, 0.4) is 0 Å². The molecule has 1 aliphatic rings. The summed E-state index contributed by atoms with van der Waals surface area (Å²) in [5.41, 5.74) is 0. The monoisotopic (exact) mass is 269 g/mol. The number of hydrogen-bond acceptors (Lipinski definition) is 2. The van der Waals surface area contributed by atoms with Crippen molar-refractivity contribution in [3.8, 4) is 0 Å². The summed E-state index contributed by atoms with van der Waals surface area (Å²) in [5.74, 6) is -1.18. The maximum Gasteiger partial charge on any atom is 0.308 e. The molecule has 0 aromatic rings. The highest BCUT2D eigenvalue weighted by molar-refractivity contribution is 5.80. The van der Waals surface area contributed by atoms with Crippen molar-refractivity contribution in [3.63, 3.8) is 0 Å². The lowest BCUT2D eigenvalue weighted by Crippen LogP contribution is -2.44. The van der Waals surface area contributed by atoms with Crippen LogP contribution in [0.15, 0.2) is 0 Å². The molecule has 4 nitrogen and oxygen atoms in total. The molecule has 1 unspecified atom stereocenters. The number of unbranched alkanes of at least 4 members (excludes halogenated alkanes) is 1. The van der Waals surface area contributed by atoms with E-state index >= 15 is 0 Å². The molecular weight excluding hydrogens is 242 g/mol. The van der Waals surface area contributed by atoms with Crippen LogP contribution in [-0.4, -0.2) is 23.0 Å². The van der Waals surface area contributed by atoms with E-state index in [9.17, 15) is 14.7 Å². The van der Waals surface area contributed by atoms with Crippen LogP contribution in [0.4, 0.5) is 0 Å². The minimum Gasteiger partial charge on any atom is -0.481 e. The summed E-state index contributed by atoms with van der Waals surface area (Å²) in [5, 5.41) is 12.3. The lowest BCUT2D eigenvalue weighted by Gasteiger charge is -2.24. The molecule has 3 atom stereocenters. The number of nitrogens with one attached hydrogen (secondary N) is 1. The Morgan fingerprint density at radius 3 is 2.58 bits per heavy atom. The van der Waals surface area contributed by atoms with Crippen LogP contribution in [0.1, 0.15) is 65.2 Å². The summed E-state index contributed by atoms with van der Waals surface area (Å²) in [6, 6.07) is -0.184. The minimum absolute atomic E-state index is 0.0161. The number of aliphatic carboxylic acids is 1. The van der Waals surface area contributed by atoms with Crippen molar-refractivity contribution in [2.45, 2.75) is 71.3 Å². The Hall–Kier alpha value is -1.06. The molecule has 1 aliphatic carbocycles. The normalized spacial score (nSPS) is 25.4. The Balaban J connectivity index is 2.55. The fourth-order valence-corrected chi connectivity index (χ4v) is 2.74. The first-order valence-electron chi connectivity index (χ1n) is 7.59. The van der Waals surface area contributed by atoms with E-state index in [0.717, 1.165) is 44.9 Å². The number of hydrogen-bond donors (Lipinski definition) is 2. The molecule has 2 N–H and O–H groups in total. The van der Waals surface area contributed by atoms with Crippen molar-refractivity contribution in [1.82, 2.24) is 5.32 Å². The zero-order chi connectivity index (χ0) is 14.3. The smallest absolute Gasteiger partial charge is 0.308 e. The molecule has 0 heterocycles. The van der Waals surface area contributed by atoms with Crippen molar-refractivity contribution in [2.75, 3.05) is 0 Å². The molecule has 1 rings (SSSR count). The van der Waals surface area contributed by atoms with Gasteiger partial charge in [-0.15, -0.1) is 0 Å². The van der Waals surface area contributed by atoms with Crippen LogP contribution in [0.5, 0.6) is 0 Å². The number of rotatable bonds is 6. The number of carbonyl (C=O) groups excluding carboxylic acids is 1. The fraction of sp³-hybridized carbons (Fsp3) is 0.867. The third kappa shape index (κ3) is 5.21. The van der Waals surface area contributed by atoms with Gasteiger partial charge in [0.25, 0.3) is 0 Å². The van der Waals surface area contributed by atoms with Crippen molar-refractivity contribution < 1.29 is 14.7 Å². The van der Waals surface area contributed by atoms with E-state index in [4.69, 9.17) is 0 Å². The Bertz CT molecular complexity index is 304.